The molecule has 0 radical (unpaired) electrons. The number of hydrogen-bond acceptors (Lipinski definition) is 0. The molecule has 0 saturated heterocycles. The molecule has 3 rings (SSSR count). The van der Waals surface area contributed by atoms with E-state index in [0.29, 0.717) is 0 Å². The summed E-state index contributed by atoms with van der Waals surface area (Å²) in [4.78, 5) is 0. The Labute approximate surface area is 138 Å². The van der Waals surface area contributed by atoms with E-state index in [-0.39, 0.29) is 0 Å². The highest BCUT2D eigenvalue weighted by Gasteiger charge is 1.97. The summed E-state index contributed by atoms with van der Waals surface area (Å²) < 4.78 is 0. The van der Waals surface area contributed by atoms with Crippen LogP contribution in [0.4, 0.5) is 0 Å². The first-order valence-electron chi connectivity index (χ1n) is 8.11. The van der Waals surface area contributed by atoms with Gasteiger partial charge in [-0.15, -0.1) is 0 Å². The maximum Gasteiger partial charge on any atom is 0.0255 e. The second-order valence-corrected chi connectivity index (χ2v) is 5.65. The molecule has 0 unspecified atom stereocenters. The highest BCUT2D eigenvalue weighted by Crippen LogP contribution is 2.19. The molecule has 0 fully saturated rings. The molecule has 112 valence electrons. The summed E-state index contributed by atoms with van der Waals surface area (Å²) in [6.45, 7) is 2.20. The zero-order valence-corrected chi connectivity index (χ0v) is 13.4. The molecule has 0 spiro atoms. The van der Waals surface area contributed by atoms with Crippen LogP contribution in [0.25, 0.3) is 11.1 Å². The van der Waals surface area contributed by atoms with Crippen molar-refractivity contribution in [2.24, 2.45) is 0 Å². The van der Waals surface area contributed by atoms with Crippen LogP contribution in [0, 0.1) is 11.8 Å². The maximum absolute atomic E-state index is 3.29. The minimum atomic E-state index is 1.05. The van der Waals surface area contributed by atoms with E-state index in [1.807, 2.05) is 6.07 Å². The van der Waals surface area contributed by atoms with Crippen molar-refractivity contribution in [3.63, 3.8) is 0 Å². The van der Waals surface area contributed by atoms with Gasteiger partial charge in [-0.1, -0.05) is 79.8 Å². The molecule has 0 heterocycles. The molecule has 0 aliphatic rings. The molecule has 0 amide bonds. The van der Waals surface area contributed by atoms with Gasteiger partial charge in [0.2, 0.25) is 0 Å². The molecule has 0 saturated carbocycles. The molecular formula is C23H20. The van der Waals surface area contributed by atoms with Gasteiger partial charge in [0.05, 0.1) is 0 Å². The minimum Gasteiger partial charge on any atom is -0.0651 e. The van der Waals surface area contributed by atoms with Crippen LogP contribution in [-0.2, 0) is 6.42 Å². The number of rotatable bonds is 3. The van der Waals surface area contributed by atoms with E-state index in [0.717, 1.165) is 24.0 Å². The molecular weight excluding hydrogens is 276 g/mol. The lowest BCUT2D eigenvalue weighted by Gasteiger charge is -2.01. The van der Waals surface area contributed by atoms with E-state index >= 15 is 0 Å². The fourth-order valence-corrected chi connectivity index (χ4v) is 2.64. The van der Waals surface area contributed by atoms with Crippen LogP contribution in [0.3, 0.4) is 0 Å². The van der Waals surface area contributed by atoms with Crippen molar-refractivity contribution in [2.45, 2.75) is 19.8 Å². The predicted molar refractivity (Wildman–Crippen MR) is 98.3 cm³/mol. The molecule has 0 nitrogen and oxygen atoms in total. The van der Waals surface area contributed by atoms with Crippen molar-refractivity contribution < 1.29 is 0 Å². The Kier molecular flexibility index (Phi) is 4.92. The lowest BCUT2D eigenvalue weighted by Crippen LogP contribution is -1.84. The second-order valence-electron chi connectivity index (χ2n) is 5.65. The Morgan fingerprint density at radius 2 is 1.30 bits per heavy atom. The lowest BCUT2D eigenvalue weighted by atomic mass is 10.0. The first-order valence-corrected chi connectivity index (χ1v) is 8.11. The predicted octanol–water partition coefficient (Wildman–Crippen LogP) is 5.71. The van der Waals surface area contributed by atoms with E-state index < -0.39 is 0 Å². The van der Waals surface area contributed by atoms with Crippen LogP contribution < -0.4 is 0 Å². The zero-order chi connectivity index (χ0) is 15.9. The van der Waals surface area contributed by atoms with Crippen molar-refractivity contribution in [1.29, 1.82) is 0 Å². The summed E-state index contributed by atoms with van der Waals surface area (Å²) in [5, 5.41) is 0. The Morgan fingerprint density at radius 3 is 2.04 bits per heavy atom. The second kappa shape index (κ2) is 7.47. The van der Waals surface area contributed by atoms with Gasteiger partial charge in [-0.3, -0.25) is 0 Å². The molecule has 0 aromatic heterocycles. The van der Waals surface area contributed by atoms with E-state index in [1.54, 1.807) is 0 Å². The molecule has 0 aliphatic carbocycles. The highest BCUT2D eigenvalue weighted by molar-refractivity contribution is 5.65. The number of aryl methyl sites for hydroxylation is 1. The van der Waals surface area contributed by atoms with Gasteiger partial charge >= 0.3 is 0 Å². The lowest BCUT2D eigenvalue weighted by molar-refractivity contribution is 0.921. The monoisotopic (exact) mass is 296 g/mol. The van der Waals surface area contributed by atoms with Crippen LogP contribution in [-0.4, -0.2) is 0 Å². The van der Waals surface area contributed by atoms with Gasteiger partial charge in [0, 0.05) is 11.1 Å². The standard InChI is InChI=1S/C23H20/c1-2-8-19-9-6-10-20(17-19)15-16-21-11-7-14-23(18-21)22-12-4-3-5-13-22/h3-7,9-14,17-18H,2,8H2,1H3. The van der Waals surface area contributed by atoms with Gasteiger partial charge in [0.25, 0.3) is 0 Å². The van der Waals surface area contributed by atoms with Crippen molar-refractivity contribution in [1.82, 2.24) is 0 Å². The molecule has 3 aromatic carbocycles. The first kappa shape index (κ1) is 15.1. The quantitative estimate of drug-likeness (QED) is 0.543. The Balaban J connectivity index is 1.86. The number of benzene rings is 3. The van der Waals surface area contributed by atoms with E-state index in [1.165, 1.54) is 16.7 Å². The minimum absolute atomic E-state index is 1.05. The summed E-state index contributed by atoms with van der Waals surface area (Å²) in [6.07, 6.45) is 2.27. The van der Waals surface area contributed by atoms with E-state index in [4.69, 9.17) is 0 Å². The van der Waals surface area contributed by atoms with Gasteiger partial charge < -0.3 is 0 Å². The fourth-order valence-electron chi connectivity index (χ4n) is 2.64. The smallest absolute Gasteiger partial charge is 0.0255 e. The average Bonchev–Trinajstić information content (AvgIpc) is 2.62. The topological polar surface area (TPSA) is 0 Å². The van der Waals surface area contributed by atoms with Crippen molar-refractivity contribution in [3.05, 3.63) is 95.6 Å². The van der Waals surface area contributed by atoms with Crippen LogP contribution in [0.5, 0.6) is 0 Å². The molecule has 0 N–H and O–H groups in total. The highest BCUT2D eigenvalue weighted by atomic mass is 14.0. The van der Waals surface area contributed by atoms with Gasteiger partial charge in [0.15, 0.2) is 0 Å². The number of hydrogen-bond donors (Lipinski definition) is 0. The van der Waals surface area contributed by atoms with Crippen molar-refractivity contribution in [3.8, 4) is 23.0 Å². The SMILES string of the molecule is CCCc1cccc(C#Cc2cccc(-c3ccccc3)c2)c1. The third kappa shape index (κ3) is 4.11. The van der Waals surface area contributed by atoms with Crippen LogP contribution in [0.15, 0.2) is 78.9 Å². The first-order chi connectivity index (χ1) is 11.3. The zero-order valence-electron chi connectivity index (χ0n) is 13.4. The van der Waals surface area contributed by atoms with Gasteiger partial charge in [-0.25, -0.2) is 0 Å². The third-order valence-corrected chi connectivity index (χ3v) is 3.79. The summed E-state index contributed by atoms with van der Waals surface area (Å²) in [7, 11) is 0. The average molecular weight is 296 g/mol. The Bertz CT molecular complexity index is 832. The largest absolute Gasteiger partial charge is 0.0651 e. The molecule has 23 heavy (non-hydrogen) atoms. The fraction of sp³-hybridized carbons (Fsp3) is 0.130. The Morgan fingerprint density at radius 1 is 0.652 bits per heavy atom. The van der Waals surface area contributed by atoms with Gasteiger partial charge in [-0.2, -0.15) is 0 Å². The molecule has 3 aromatic rings. The summed E-state index contributed by atoms with van der Waals surface area (Å²) >= 11 is 0. The van der Waals surface area contributed by atoms with Crippen LogP contribution in [0.2, 0.25) is 0 Å². The van der Waals surface area contributed by atoms with Crippen LogP contribution >= 0.6 is 0 Å². The maximum atomic E-state index is 3.29. The van der Waals surface area contributed by atoms with Crippen LogP contribution in [0.1, 0.15) is 30.0 Å². The third-order valence-electron chi connectivity index (χ3n) is 3.79. The van der Waals surface area contributed by atoms with Crippen molar-refractivity contribution >= 4 is 0 Å². The molecule has 0 heteroatoms. The summed E-state index contributed by atoms with van der Waals surface area (Å²) in [5.74, 6) is 6.58. The van der Waals surface area contributed by atoms with Crippen molar-refractivity contribution in [2.75, 3.05) is 0 Å². The normalized spacial score (nSPS) is 9.96. The van der Waals surface area contributed by atoms with E-state index in [9.17, 15) is 0 Å². The molecule has 0 atom stereocenters. The molecule has 0 bridgehead atoms. The van der Waals surface area contributed by atoms with E-state index in [2.05, 4.69) is 91.6 Å². The Hall–Kier alpha value is -2.78. The van der Waals surface area contributed by atoms with Gasteiger partial charge in [-0.05, 0) is 47.4 Å². The summed E-state index contributed by atoms with van der Waals surface area (Å²) in [6, 6.07) is 27.4. The van der Waals surface area contributed by atoms with Gasteiger partial charge in [0.1, 0.15) is 0 Å². The molecule has 0 aliphatic heterocycles. The summed E-state index contributed by atoms with van der Waals surface area (Å²) in [5.41, 5.74) is 5.92.